The number of hydrogen-bond acceptors (Lipinski definition) is 3. The van der Waals surface area contributed by atoms with Crippen molar-refractivity contribution in [1.29, 1.82) is 0 Å². The Labute approximate surface area is 129 Å². The Hall–Kier alpha value is -0.580. The van der Waals surface area contributed by atoms with E-state index in [2.05, 4.69) is 38.3 Å². The lowest BCUT2D eigenvalue weighted by Crippen LogP contribution is -2.43. The van der Waals surface area contributed by atoms with Gasteiger partial charge in [0.15, 0.2) is 0 Å². The Kier molecular flexibility index (Phi) is 4.64. The molecule has 2 aliphatic heterocycles. The van der Waals surface area contributed by atoms with Crippen molar-refractivity contribution in [3.05, 3.63) is 28.2 Å². The molecule has 2 saturated heterocycles. The minimum Gasteiger partial charge on any atom is -0.496 e. The van der Waals surface area contributed by atoms with E-state index in [1.807, 2.05) is 6.07 Å². The molecule has 3 nitrogen and oxygen atoms in total. The van der Waals surface area contributed by atoms with Gasteiger partial charge in [-0.1, -0.05) is 15.9 Å². The van der Waals surface area contributed by atoms with E-state index in [1.165, 1.54) is 44.3 Å². The Bertz CT molecular complexity index is 460. The van der Waals surface area contributed by atoms with Crippen molar-refractivity contribution < 1.29 is 4.74 Å². The van der Waals surface area contributed by atoms with E-state index in [-0.39, 0.29) is 0 Å². The van der Waals surface area contributed by atoms with E-state index >= 15 is 0 Å². The van der Waals surface area contributed by atoms with Crippen LogP contribution < -0.4 is 10.1 Å². The maximum atomic E-state index is 5.51. The lowest BCUT2D eigenvalue weighted by Gasteiger charge is -2.30. The predicted octanol–water partition coefficient (Wildman–Crippen LogP) is 3.17. The third kappa shape index (κ3) is 3.02. The van der Waals surface area contributed by atoms with Crippen LogP contribution in [0.5, 0.6) is 5.75 Å². The highest BCUT2D eigenvalue weighted by molar-refractivity contribution is 9.10. The molecule has 2 unspecified atom stereocenters. The molecule has 0 saturated carbocycles. The highest BCUT2D eigenvalue weighted by Gasteiger charge is 2.33. The number of benzene rings is 1. The third-order valence-electron chi connectivity index (χ3n) is 4.59. The number of hydrogen-bond donors (Lipinski definition) is 1. The van der Waals surface area contributed by atoms with Crippen LogP contribution in [0.4, 0.5) is 0 Å². The molecular weight excluding hydrogens is 316 g/mol. The van der Waals surface area contributed by atoms with Crippen LogP contribution >= 0.6 is 15.9 Å². The maximum Gasteiger partial charge on any atom is 0.123 e. The van der Waals surface area contributed by atoms with Gasteiger partial charge in [0.25, 0.3) is 0 Å². The zero-order valence-electron chi connectivity index (χ0n) is 12.1. The molecule has 2 heterocycles. The SMILES string of the molecule is COc1ccc(Br)cc1CN1CCCC1C1CCCN1. The summed E-state index contributed by atoms with van der Waals surface area (Å²) in [4.78, 5) is 2.63. The molecular formula is C16H23BrN2O. The Morgan fingerprint density at radius 2 is 2.25 bits per heavy atom. The monoisotopic (exact) mass is 338 g/mol. The van der Waals surface area contributed by atoms with Gasteiger partial charge in [0.2, 0.25) is 0 Å². The molecule has 2 aliphatic rings. The van der Waals surface area contributed by atoms with Crippen LogP contribution in [0.25, 0.3) is 0 Å². The first-order chi connectivity index (χ1) is 9.78. The Morgan fingerprint density at radius 1 is 1.35 bits per heavy atom. The largest absolute Gasteiger partial charge is 0.496 e. The molecule has 0 amide bonds. The predicted molar refractivity (Wildman–Crippen MR) is 85.2 cm³/mol. The van der Waals surface area contributed by atoms with Crippen molar-refractivity contribution in [3.8, 4) is 5.75 Å². The van der Waals surface area contributed by atoms with Gasteiger partial charge in [0.1, 0.15) is 5.75 Å². The van der Waals surface area contributed by atoms with Crippen LogP contribution in [-0.4, -0.2) is 37.2 Å². The molecule has 1 N–H and O–H groups in total. The fraction of sp³-hybridized carbons (Fsp3) is 0.625. The van der Waals surface area contributed by atoms with Crippen molar-refractivity contribution in [2.45, 2.75) is 44.3 Å². The molecule has 2 fully saturated rings. The van der Waals surface area contributed by atoms with Gasteiger partial charge in [0, 0.05) is 28.7 Å². The van der Waals surface area contributed by atoms with Crippen LogP contribution in [0.2, 0.25) is 0 Å². The number of rotatable bonds is 4. The van der Waals surface area contributed by atoms with Crippen LogP contribution in [0, 0.1) is 0 Å². The van der Waals surface area contributed by atoms with Crippen molar-refractivity contribution in [1.82, 2.24) is 10.2 Å². The first-order valence-corrected chi connectivity index (χ1v) is 8.37. The summed E-state index contributed by atoms with van der Waals surface area (Å²) < 4.78 is 6.64. The average molecular weight is 339 g/mol. The summed E-state index contributed by atoms with van der Waals surface area (Å²) in [5.74, 6) is 0.998. The lowest BCUT2D eigenvalue weighted by molar-refractivity contribution is 0.204. The van der Waals surface area contributed by atoms with Gasteiger partial charge in [-0.05, 0) is 57.0 Å². The summed E-state index contributed by atoms with van der Waals surface area (Å²) in [7, 11) is 1.76. The van der Waals surface area contributed by atoms with Crippen molar-refractivity contribution in [2.24, 2.45) is 0 Å². The number of ether oxygens (including phenoxy) is 1. The van der Waals surface area contributed by atoms with Crippen molar-refractivity contribution >= 4 is 15.9 Å². The quantitative estimate of drug-likeness (QED) is 0.912. The fourth-order valence-corrected chi connectivity index (χ4v) is 4.04. The molecule has 20 heavy (non-hydrogen) atoms. The smallest absolute Gasteiger partial charge is 0.123 e. The second-order valence-corrected chi connectivity index (χ2v) is 6.75. The molecule has 0 aromatic heterocycles. The minimum absolute atomic E-state index is 0.690. The van der Waals surface area contributed by atoms with Crippen molar-refractivity contribution in [2.75, 3.05) is 20.2 Å². The summed E-state index contributed by atoms with van der Waals surface area (Å²) in [6, 6.07) is 7.67. The third-order valence-corrected chi connectivity index (χ3v) is 5.09. The van der Waals surface area contributed by atoms with Gasteiger partial charge in [-0.3, -0.25) is 4.90 Å². The summed E-state index contributed by atoms with van der Waals surface area (Å²) >= 11 is 3.57. The molecule has 0 radical (unpaired) electrons. The molecule has 0 bridgehead atoms. The van der Waals surface area contributed by atoms with Crippen LogP contribution in [0.3, 0.4) is 0 Å². The van der Waals surface area contributed by atoms with E-state index < -0.39 is 0 Å². The summed E-state index contributed by atoms with van der Waals surface area (Å²) in [6.07, 6.45) is 5.30. The molecule has 0 aliphatic carbocycles. The van der Waals surface area contributed by atoms with E-state index in [1.54, 1.807) is 7.11 Å². The van der Waals surface area contributed by atoms with Gasteiger partial charge in [-0.15, -0.1) is 0 Å². The van der Waals surface area contributed by atoms with Crippen LogP contribution in [0.15, 0.2) is 22.7 Å². The molecule has 0 spiro atoms. The van der Waals surface area contributed by atoms with E-state index in [0.29, 0.717) is 12.1 Å². The highest BCUT2D eigenvalue weighted by Crippen LogP contribution is 2.30. The number of likely N-dealkylation sites (tertiary alicyclic amines) is 1. The molecule has 4 heteroatoms. The highest BCUT2D eigenvalue weighted by atomic mass is 79.9. The molecule has 1 aromatic rings. The lowest BCUT2D eigenvalue weighted by atomic mass is 10.0. The summed E-state index contributed by atoms with van der Waals surface area (Å²) in [6.45, 7) is 3.39. The molecule has 110 valence electrons. The first-order valence-electron chi connectivity index (χ1n) is 7.58. The van der Waals surface area contributed by atoms with E-state index in [4.69, 9.17) is 4.74 Å². The standard InChI is InChI=1S/C16H23BrN2O/c1-20-16-7-6-13(17)10-12(16)11-19-9-3-5-15(19)14-4-2-8-18-14/h6-7,10,14-15,18H,2-5,8-9,11H2,1H3. The minimum atomic E-state index is 0.690. The van der Waals surface area contributed by atoms with E-state index in [9.17, 15) is 0 Å². The second kappa shape index (κ2) is 6.46. The van der Waals surface area contributed by atoms with Gasteiger partial charge >= 0.3 is 0 Å². The number of nitrogens with one attached hydrogen (secondary N) is 1. The summed E-state index contributed by atoms with van der Waals surface area (Å²) in [5.41, 5.74) is 1.28. The second-order valence-electron chi connectivity index (χ2n) is 5.84. The Morgan fingerprint density at radius 3 is 3.00 bits per heavy atom. The number of halogens is 1. The molecule has 2 atom stereocenters. The average Bonchev–Trinajstić information content (AvgIpc) is 3.09. The van der Waals surface area contributed by atoms with Crippen LogP contribution in [-0.2, 0) is 6.54 Å². The van der Waals surface area contributed by atoms with Gasteiger partial charge in [-0.25, -0.2) is 0 Å². The molecule has 3 rings (SSSR count). The van der Waals surface area contributed by atoms with Crippen molar-refractivity contribution in [3.63, 3.8) is 0 Å². The molecule has 1 aromatic carbocycles. The van der Waals surface area contributed by atoms with Crippen LogP contribution in [0.1, 0.15) is 31.2 Å². The van der Waals surface area contributed by atoms with Gasteiger partial charge in [0.05, 0.1) is 7.11 Å². The number of methoxy groups -OCH3 is 1. The van der Waals surface area contributed by atoms with Gasteiger partial charge in [-0.2, -0.15) is 0 Å². The fourth-order valence-electron chi connectivity index (χ4n) is 3.63. The zero-order valence-corrected chi connectivity index (χ0v) is 13.7. The van der Waals surface area contributed by atoms with Gasteiger partial charge < -0.3 is 10.1 Å². The number of nitrogens with zero attached hydrogens (tertiary/aromatic N) is 1. The Balaban J connectivity index is 1.74. The maximum absolute atomic E-state index is 5.51. The summed E-state index contributed by atoms with van der Waals surface area (Å²) in [5, 5.41) is 3.67. The topological polar surface area (TPSA) is 24.5 Å². The van der Waals surface area contributed by atoms with E-state index in [0.717, 1.165) is 16.8 Å². The zero-order chi connectivity index (χ0) is 13.9. The first kappa shape index (κ1) is 14.4. The normalized spacial score (nSPS) is 27.1.